The van der Waals surface area contributed by atoms with Crippen LogP contribution in [0.5, 0.6) is 0 Å². The molecule has 1 nitrogen and oxygen atoms in total. The van der Waals surface area contributed by atoms with Crippen LogP contribution >= 0.6 is 12.2 Å². The third-order valence-electron chi connectivity index (χ3n) is 2.06. The molecule has 0 atom stereocenters. The van der Waals surface area contributed by atoms with Gasteiger partial charge in [-0.05, 0) is 24.3 Å². The summed E-state index contributed by atoms with van der Waals surface area (Å²) in [5, 5.41) is 0. The zero-order valence-corrected chi connectivity index (χ0v) is 8.75. The molecule has 2 aromatic rings. The van der Waals surface area contributed by atoms with E-state index < -0.39 is 17.5 Å². The Morgan fingerprint density at radius 1 is 1.00 bits per heavy atom. The number of aromatic amines is 1. The molecular formula is C11H6F3NS. The molecule has 1 heterocycles. The summed E-state index contributed by atoms with van der Waals surface area (Å²) in [5.74, 6) is -3.92. The molecule has 0 fully saturated rings. The van der Waals surface area contributed by atoms with Crippen molar-refractivity contribution >= 4 is 12.2 Å². The van der Waals surface area contributed by atoms with Gasteiger partial charge in [0.05, 0.1) is 0 Å². The lowest BCUT2D eigenvalue weighted by Crippen LogP contribution is -1.93. The van der Waals surface area contributed by atoms with E-state index in [4.69, 9.17) is 12.2 Å². The minimum absolute atomic E-state index is 0.211. The SMILES string of the molecule is Fc1cc(-c2cccc(=S)[nH]2)cc(F)c1F. The number of hydrogen-bond donors (Lipinski definition) is 1. The summed E-state index contributed by atoms with van der Waals surface area (Å²) in [6, 6.07) is 6.71. The fourth-order valence-corrected chi connectivity index (χ4v) is 1.52. The number of rotatable bonds is 1. The average Bonchev–Trinajstić information content (AvgIpc) is 2.25. The molecule has 0 aliphatic heterocycles. The molecule has 1 aromatic heterocycles. The number of hydrogen-bond acceptors (Lipinski definition) is 1. The van der Waals surface area contributed by atoms with Gasteiger partial charge in [0.25, 0.3) is 0 Å². The van der Waals surface area contributed by atoms with Gasteiger partial charge in [-0.3, -0.25) is 0 Å². The number of benzene rings is 1. The summed E-state index contributed by atoms with van der Waals surface area (Å²) in [7, 11) is 0. The predicted octanol–water partition coefficient (Wildman–Crippen LogP) is 3.83. The molecular weight excluding hydrogens is 235 g/mol. The minimum Gasteiger partial charge on any atom is -0.346 e. The highest BCUT2D eigenvalue weighted by Crippen LogP contribution is 2.21. The molecule has 0 saturated carbocycles. The van der Waals surface area contributed by atoms with E-state index >= 15 is 0 Å². The molecule has 0 bridgehead atoms. The fraction of sp³-hybridized carbons (Fsp3) is 0. The van der Waals surface area contributed by atoms with Gasteiger partial charge in [0.15, 0.2) is 17.5 Å². The Labute approximate surface area is 94.6 Å². The molecule has 1 N–H and O–H groups in total. The van der Waals surface area contributed by atoms with Crippen molar-refractivity contribution in [2.24, 2.45) is 0 Å². The summed E-state index contributed by atoms with van der Waals surface area (Å²) in [6.07, 6.45) is 0. The first-order valence-electron chi connectivity index (χ1n) is 4.42. The molecule has 0 unspecified atom stereocenters. The summed E-state index contributed by atoms with van der Waals surface area (Å²) in [6.45, 7) is 0. The minimum atomic E-state index is -1.47. The molecule has 0 spiro atoms. The maximum atomic E-state index is 13.0. The number of nitrogens with one attached hydrogen (secondary N) is 1. The highest BCUT2D eigenvalue weighted by atomic mass is 32.1. The fourth-order valence-electron chi connectivity index (χ4n) is 1.33. The molecule has 82 valence electrons. The van der Waals surface area contributed by atoms with Gasteiger partial charge in [0.2, 0.25) is 0 Å². The van der Waals surface area contributed by atoms with E-state index in [1.807, 2.05) is 0 Å². The van der Waals surface area contributed by atoms with Crippen LogP contribution in [0.4, 0.5) is 13.2 Å². The second kappa shape index (κ2) is 4.09. The van der Waals surface area contributed by atoms with Crippen LogP contribution in [-0.2, 0) is 0 Å². The molecule has 2 rings (SSSR count). The van der Waals surface area contributed by atoms with E-state index in [2.05, 4.69) is 4.98 Å². The van der Waals surface area contributed by atoms with Crippen LogP contribution in [-0.4, -0.2) is 4.98 Å². The molecule has 1 aromatic carbocycles. The van der Waals surface area contributed by atoms with E-state index in [9.17, 15) is 13.2 Å². The predicted molar refractivity (Wildman–Crippen MR) is 56.9 cm³/mol. The third-order valence-corrected chi connectivity index (χ3v) is 2.30. The van der Waals surface area contributed by atoms with Gasteiger partial charge in [0, 0.05) is 11.3 Å². The quantitative estimate of drug-likeness (QED) is 0.592. The van der Waals surface area contributed by atoms with Gasteiger partial charge in [-0.1, -0.05) is 18.3 Å². The topological polar surface area (TPSA) is 15.8 Å². The molecule has 5 heteroatoms. The molecule has 0 saturated heterocycles. The van der Waals surface area contributed by atoms with Crippen LogP contribution in [0, 0.1) is 22.1 Å². The first kappa shape index (κ1) is 10.9. The zero-order chi connectivity index (χ0) is 11.7. The lowest BCUT2D eigenvalue weighted by molar-refractivity contribution is 0.447. The van der Waals surface area contributed by atoms with E-state index in [1.165, 1.54) is 0 Å². The first-order valence-corrected chi connectivity index (χ1v) is 4.83. The lowest BCUT2D eigenvalue weighted by Gasteiger charge is -2.03. The van der Waals surface area contributed by atoms with Crippen molar-refractivity contribution in [1.29, 1.82) is 0 Å². The maximum Gasteiger partial charge on any atom is 0.194 e. The van der Waals surface area contributed by atoms with Crippen LogP contribution in [0.1, 0.15) is 0 Å². The Hall–Kier alpha value is -1.62. The monoisotopic (exact) mass is 241 g/mol. The third kappa shape index (κ3) is 1.99. The highest BCUT2D eigenvalue weighted by Gasteiger charge is 2.11. The van der Waals surface area contributed by atoms with Crippen LogP contribution in [0.25, 0.3) is 11.3 Å². The van der Waals surface area contributed by atoms with Crippen molar-refractivity contribution in [3.8, 4) is 11.3 Å². The molecule has 0 amide bonds. The number of aromatic nitrogens is 1. The Balaban J connectivity index is 2.61. The van der Waals surface area contributed by atoms with Crippen LogP contribution in [0.2, 0.25) is 0 Å². The van der Waals surface area contributed by atoms with Crippen molar-refractivity contribution in [2.75, 3.05) is 0 Å². The second-order valence-corrected chi connectivity index (χ2v) is 3.62. The largest absolute Gasteiger partial charge is 0.346 e. The molecule has 0 aliphatic rings. The van der Waals surface area contributed by atoms with E-state index in [0.29, 0.717) is 10.3 Å². The van der Waals surface area contributed by atoms with Crippen molar-refractivity contribution in [3.63, 3.8) is 0 Å². The van der Waals surface area contributed by atoms with Gasteiger partial charge in [0.1, 0.15) is 4.64 Å². The van der Waals surface area contributed by atoms with Crippen LogP contribution in [0.15, 0.2) is 30.3 Å². The van der Waals surface area contributed by atoms with Gasteiger partial charge < -0.3 is 4.98 Å². The number of halogens is 3. The standard InChI is InChI=1S/C11H6F3NS/c12-7-4-6(5-8(13)11(7)14)9-2-1-3-10(16)15-9/h1-5H,(H,15,16). The molecule has 0 radical (unpaired) electrons. The Bertz CT molecular complexity index is 569. The van der Waals surface area contributed by atoms with Gasteiger partial charge in [-0.25, -0.2) is 13.2 Å². The Kier molecular flexibility index (Phi) is 2.78. The van der Waals surface area contributed by atoms with E-state index in [-0.39, 0.29) is 5.56 Å². The van der Waals surface area contributed by atoms with Crippen molar-refractivity contribution in [3.05, 3.63) is 52.4 Å². The normalized spacial score (nSPS) is 10.4. The molecule has 16 heavy (non-hydrogen) atoms. The summed E-state index contributed by atoms with van der Waals surface area (Å²) in [4.78, 5) is 2.76. The molecule has 0 aliphatic carbocycles. The lowest BCUT2D eigenvalue weighted by atomic mass is 10.1. The van der Waals surface area contributed by atoms with Crippen molar-refractivity contribution in [1.82, 2.24) is 4.98 Å². The maximum absolute atomic E-state index is 13.0. The average molecular weight is 241 g/mol. The van der Waals surface area contributed by atoms with E-state index in [1.54, 1.807) is 18.2 Å². The van der Waals surface area contributed by atoms with Crippen molar-refractivity contribution < 1.29 is 13.2 Å². The highest BCUT2D eigenvalue weighted by molar-refractivity contribution is 7.71. The smallest absolute Gasteiger partial charge is 0.194 e. The van der Waals surface area contributed by atoms with Gasteiger partial charge in [-0.15, -0.1) is 0 Å². The number of pyridine rings is 1. The zero-order valence-electron chi connectivity index (χ0n) is 7.93. The second-order valence-electron chi connectivity index (χ2n) is 3.18. The Morgan fingerprint density at radius 3 is 2.19 bits per heavy atom. The van der Waals surface area contributed by atoms with Gasteiger partial charge in [-0.2, -0.15) is 0 Å². The van der Waals surface area contributed by atoms with Crippen molar-refractivity contribution in [2.45, 2.75) is 0 Å². The van der Waals surface area contributed by atoms with Crippen LogP contribution < -0.4 is 0 Å². The Morgan fingerprint density at radius 2 is 1.62 bits per heavy atom. The summed E-state index contributed by atoms with van der Waals surface area (Å²) in [5.41, 5.74) is 0.647. The summed E-state index contributed by atoms with van der Waals surface area (Å²) < 4.78 is 39.1. The first-order chi connectivity index (χ1) is 7.58. The summed E-state index contributed by atoms with van der Waals surface area (Å²) >= 11 is 4.87. The van der Waals surface area contributed by atoms with Crippen LogP contribution in [0.3, 0.4) is 0 Å². The number of H-pyrrole nitrogens is 1. The van der Waals surface area contributed by atoms with E-state index in [0.717, 1.165) is 12.1 Å². The van der Waals surface area contributed by atoms with Gasteiger partial charge >= 0.3 is 0 Å².